The second kappa shape index (κ2) is 5.99. The lowest BCUT2D eigenvalue weighted by atomic mass is 10.0. The van der Waals surface area contributed by atoms with Crippen LogP contribution >= 0.6 is 11.3 Å². The summed E-state index contributed by atoms with van der Waals surface area (Å²) in [5.74, 6) is 0.427. The highest BCUT2D eigenvalue weighted by atomic mass is 32.1. The van der Waals surface area contributed by atoms with Gasteiger partial charge in [0.05, 0.1) is 5.69 Å². The molecule has 4 aromatic rings. The third kappa shape index (κ3) is 2.69. The van der Waals surface area contributed by atoms with Gasteiger partial charge in [-0.2, -0.15) is 0 Å². The molecule has 0 aliphatic carbocycles. The SMILES string of the molecule is CC(C)Cc1ccnc(-c2cccc3c2sc2cc(F)ccc23)c1. The number of fused-ring (bicyclic) bond motifs is 3. The van der Waals surface area contributed by atoms with Gasteiger partial charge >= 0.3 is 0 Å². The number of hydrogen-bond donors (Lipinski definition) is 0. The van der Waals surface area contributed by atoms with Gasteiger partial charge in [-0.15, -0.1) is 11.3 Å². The van der Waals surface area contributed by atoms with Crippen LogP contribution in [0.25, 0.3) is 31.4 Å². The maximum Gasteiger partial charge on any atom is 0.124 e. The van der Waals surface area contributed by atoms with Crippen molar-refractivity contribution in [3.05, 3.63) is 66.1 Å². The van der Waals surface area contributed by atoms with Gasteiger partial charge in [0, 0.05) is 31.9 Å². The maximum absolute atomic E-state index is 13.6. The molecule has 0 spiro atoms. The Morgan fingerprint density at radius 2 is 1.92 bits per heavy atom. The molecule has 0 saturated heterocycles. The lowest BCUT2D eigenvalue weighted by molar-refractivity contribution is 0.630. The molecule has 0 saturated carbocycles. The van der Waals surface area contributed by atoms with Crippen LogP contribution in [0, 0.1) is 11.7 Å². The van der Waals surface area contributed by atoms with E-state index in [1.807, 2.05) is 12.3 Å². The number of pyridine rings is 1. The molecule has 2 heterocycles. The number of thiophene rings is 1. The monoisotopic (exact) mass is 335 g/mol. The Balaban J connectivity index is 1.92. The van der Waals surface area contributed by atoms with Gasteiger partial charge in [-0.1, -0.05) is 38.1 Å². The fourth-order valence-corrected chi connectivity index (χ4v) is 4.44. The first-order chi connectivity index (χ1) is 11.6. The Bertz CT molecular complexity index is 1030. The minimum atomic E-state index is -0.187. The van der Waals surface area contributed by atoms with Gasteiger partial charge in [0.2, 0.25) is 0 Å². The van der Waals surface area contributed by atoms with Gasteiger partial charge in [0.15, 0.2) is 0 Å². The molecule has 0 N–H and O–H groups in total. The fourth-order valence-electron chi connectivity index (χ4n) is 3.19. The zero-order valence-corrected chi connectivity index (χ0v) is 14.5. The van der Waals surface area contributed by atoms with Crippen molar-refractivity contribution >= 4 is 31.5 Å². The van der Waals surface area contributed by atoms with Crippen LogP contribution in [0.4, 0.5) is 4.39 Å². The van der Waals surface area contributed by atoms with Crippen LogP contribution in [-0.2, 0) is 6.42 Å². The topological polar surface area (TPSA) is 12.9 Å². The molecule has 3 heteroatoms. The average molecular weight is 335 g/mol. The maximum atomic E-state index is 13.6. The number of nitrogens with zero attached hydrogens (tertiary/aromatic N) is 1. The first-order valence-electron chi connectivity index (χ1n) is 8.18. The standard InChI is InChI=1S/C21H18FNS/c1-13(2)10-14-8-9-23-19(11-14)18-5-3-4-17-16-7-6-15(22)12-20(16)24-21(17)18/h3-9,11-13H,10H2,1-2H3. The molecule has 0 bridgehead atoms. The molecule has 2 aromatic carbocycles. The fraction of sp³-hybridized carbons (Fsp3) is 0.190. The van der Waals surface area contributed by atoms with Gasteiger partial charge in [-0.3, -0.25) is 4.98 Å². The Kier molecular flexibility index (Phi) is 3.81. The highest BCUT2D eigenvalue weighted by Gasteiger charge is 2.12. The van der Waals surface area contributed by atoms with Crippen LogP contribution in [0.2, 0.25) is 0 Å². The summed E-state index contributed by atoms with van der Waals surface area (Å²) in [5, 5.41) is 2.28. The molecule has 0 aliphatic heterocycles. The molecule has 4 rings (SSSR count). The van der Waals surface area contributed by atoms with E-state index in [2.05, 4.69) is 49.2 Å². The van der Waals surface area contributed by atoms with Crippen molar-refractivity contribution in [1.29, 1.82) is 0 Å². The van der Waals surface area contributed by atoms with Crippen LogP contribution in [0.15, 0.2) is 54.7 Å². The Labute approximate surface area is 144 Å². The van der Waals surface area contributed by atoms with Crippen molar-refractivity contribution in [2.75, 3.05) is 0 Å². The van der Waals surface area contributed by atoms with Gasteiger partial charge in [-0.25, -0.2) is 4.39 Å². The summed E-state index contributed by atoms with van der Waals surface area (Å²) in [7, 11) is 0. The quantitative estimate of drug-likeness (QED) is 0.419. The Morgan fingerprint density at radius 3 is 2.75 bits per heavy atom. The number of benzene rings is 2. The van der Waals surface area contributed by atoms with Crippen LogP contribution in [0.5, 0.6) is 0 Å². The van der Waals surface area contributed by atoms with Crippen molar-refractivity contribution in [2.45, 2.75) is 20.3 Å². The molecular weight excluding hydrogens is 317 g/mol. The summed E-state index contributed by atoms with van der Waals surface area (Å²) in [5.41, 5.74) is 3.42. The minimum Gasteiger partial charge on any atom is -0.256 e. The van der Waals surface area contributed by atoms with Crippen molar-refractivity contribution < 1.29 is 4.39 Å². The summed E-state index contributed by atoms with van der Waals surface area (Å²) < 4.78 is 15.7. The average Bonchev–Trinajstić information content (AvgIpc) is 2.91. The summed E-state index contributed by atoms with van der Waals surface area (Å²) in [6.45, 7) is 4.45. The molecule has 0 unspecified atom stereocenters. The second-order valence-electron chi connectivity index (χ2n) is 6.57. The zero-order chi connectivity index (χ0) is 16.7. The number of rotatable bonds is 3. The highest BCUT2D eigenvalue weighted by Crippen LogP contribution is 2.39. The van der Waals surface area contributed by atoms with Crippen LogP contribution in [-0.4, -0.2) is 4.98 Å². The molecule has 0 atom stereocenters. The molecule has 120 valence electrons. The zero-order valence-electron chi connectivity index (χ0n) is 13.7. The van der Waals surface area contributed by atoms with E-state index in [1.165, 1.54) is 21.7 Å². The van der Waals surface area contributed by atoms with Gasteiger partial charge < -0.3 is 0 Å². The van der Waals surface area contributed by atoms with Crippen molar-refractivity contribution in [3.8, 4) is 11.3 Å². The third-order valence-electron chi connectivity index (χ3n) is 4.21. The van der Waals surface area contributed by atoms with Crippen LogP contribution in [0.3, 0.4) is 0 Å². The van der Waals surface area contributed by atoms with Gasteiger partial charge in [0.25, 0.3) is 0 Å². The molecule has 1 nitrogen and oxygen atoms in total. The largest absolute Gasteiger partial charge is 0.256 e. The molecule has 0 amide bonds. The summed E-state index contributed by atoms with van der Waals surface area (Å²) in [6, 6.07) is 15.6. The van der Waals surface area contributed by atoms with E-state index in [4.69, 9.17) is 0 Å². The molecule has 0 aliphatic rings. The number of hydrogen-bond acceptors (Lipinski definition) is 2. The van der Waals surface area contributed by atoms with E-state index in [9.17, 15) is 4.39 Å². The van der Waals surface area contributed by atoms with Crippen molar-refractivity contribution in [1.82, 2.24) is 4.98 Å². The third-order valence-corrected chi connectivity index (χ3v) is 5.41. The molecule has 0 fully saturated rings. The van der Waals surface area contributed by atoms with Crippen molar-refractivity contribution in [3.63, 3.8) is 0 Å². The van der Waals surface area contributed by atoms with Gasteiger partial charge in [0.1, 0.15) is 5.82 Å². The van der Waals surface area contributed by atoms with E-state index >= 15 is 0 Å². The summed E-state index contributed by atoms with van der Waals surface area (Å²) in [4.78, 5) is 4.59. The molecule has 2 aromatic heterocycles. The second-order valence-corrected chi connectivity index (χ2v) is 7.62. The van der Waals surface area contributed by atoms with Crippen LogP contribution < -0.4 is 0 Å². The summed E-state index contributed by atoms with van der Waals surface area (Å²) in [6.07, 6.45) is 2.93. The number of aromatic nitrogens is 1. The molecule has 0 radical (unpaired) electrons. The van der Waals surface area contributed by atoms with Gasteiger partial charge in [-0.05, 0) is 42.2 Å². The van der Waals surface area contributed by atoms with Crippen LogP contribution in [0.1, 0.15) is 19.4 Å². The van der Waals surface area contributed by atoms with Crippen molar-refractivity contribution in [2.24, 2.45) is 5.92 Å². The Hall–Kier alpha value is -2.26. The number of halogens is 1. The summed E-state index contributed by atoms with van der Waals surface area (Å²) >= 11 is 1.64. The highest BCUT2D eigenvalue weighted by molar-refractivity contribution is 7.26. The Morgan fingerprint density at radius 1 is 1.04 bits per heavy atom. The lowest BCUT2D eigenvalue weighted by Gasteiger charge is -2.08. The molecule has 24 heavy (non-hydrogen) atoms. The minimum absolute atomic E-state index is 0.187. The smallest absolute Gasteiger partial charge is 0.124 e. The first-order valence-corrected chi connectivity index (χ1v) is 8.99. The first kappa shape index (κ1) is 15.3. The normalized spacial score (nSPS) is 11.7. The van der Waals surface area contributed by atoms with E-state index in [0.29, 0.717) is 5.92 Å². The predicted molar refractivity (Wildman–Crippen MR) is 101 cm³/mol. The molecular formula is C21H18FNS. The van der Waals surface area contributed by atoms with E-state index in [-0.39, 0.29) is 5.82 Å². The lowest BCUT2D eigenvalue weighted by Crippen LogP contribution is -1.95. The predicted octanol–water partition coefficient (Wildman–Crippen LogP) is 6.45. The van der Waals surface area contributed by atoms with E-state index < -0.39 is 0 Å². The van der Waals surface area contributed by atoms with E-state index in [1.54, 1.807) is 17.4 Å². The van der Waals surface area contributed by atoms with E-state index in [0.717, 1.165) is 27.8 Å².